The third-order valence-electron chi connectivity index (χ3n) is 2.28. The first-order chi connectivity index (χ1) is 7.16. The van der Waals surface area contributed by atoms with Crippen LogP contribution in [-0.4, -0.2) is 27.0 Å². The maximum Gasteiger partial charge on any atom is 0.223 e. The Hall–Kier alpha value is -1.23. The quantitative estimate of drug-likeness (QED) is 0.815. The number of aryl methyl sites for hydroxylation is 1. The maximum atomic E-state index is 11.1. The normalized spacial score (nSPS) is 15.4. The molecule has 1 aliphatic heterocycles. The zero-order valence-corrected chi connectivity index (χ0v) is 9.25. The van der Waals surface area contributed by atoms with Gasteiger partial charge in [0, 0.05) is 24.1 Å². The molecule has 0 radical (unpaired) electrons. The smallest absolute Gasteiger partial charge is 0.223 e. The van der Waals surface area contributed by atoms with Crippen LogP contribution in [0.1, 0.15) is 5.69 Å². The monoisotopic (exact) mass is 224 g/mol. The molecule has 15 heavy (non-hydrogen) atoms. The second-order valence-electron chi connectivity index (χ2n) is 3.42. The molecule has 0 saturated heterocycles. The molecule has 2 rings (SSSR count). The summed E-state index contributed by atoms with van der Waals surface area (Å²) in [5.41, 5.74) is 0.512. The van der Waals surface area contributed by atoms with Crippen LogP contribution in [0.2, 0.25) is 0 Å². The van der Waals surface area contributed by atoms with Gasteiger partial charge < -0.3 is 9.67 Å². The third kappa shape index (κ3) is 2.23. The Morgan fingerprint density at radius 3 is 3.13 bits per heavy atom. The fraction of sp³-hybridized carbons (Fsp3) is 0.400. The molecule has 80 valence electrons. The van der Waals surface area contributed by atoms with Gasteiger partial charge in [0.1, 0.15) is 0 Å². The van der Waals surface area contributed by atoms with Crippen molar-refractivity contribution in [2.75, 3.05) is 12.3 Å². The van der Waals surface area contributed by atoms with Gasteiger partial charge in [-0.25, -0.2) is 0 Å². The fourth-order valence-electron chi connectivity index (χ4n) is 1.45. The average Bonchev–Trinajstić information content (AvgIpc) is 2.67. The summed E-state index contributed by atoms with van der Waals surface area (Å²) in [4.78, 5) is 15.5. The number of nitrogens with zero attached hydrogens (tertiary/aromatic N) is 2. The molecule has 0 bridgehead atoms. The van der Waals surface area contributed by atoms with E-state index >= 15 is 0 Å². The minimum Gasteiger partial charge on any atom is -0.503 e. The lowest BCUT2D eigenvalue weighted by atomic mass is 10.3. The van der Waals surface area contributed by atoms with Crippen molar-refractivity contribution >= 4 is 16.8 Å². The number of rotatable bonds is 2. The van der Waals surface area contributed by atoms with Crippen LogP contribution in [0, 0.1) is 6.92 Å². The first kappa shape index (κ1) is 10.3. The van der Waals surface area contributed by atoms with E-state index in [2.05, 4.69) is 4.99 Å². The predicted molar refractivity (Wildman–Crippen MR) is 61.9 cm³/mol. The Morgan fingerprint density at radius 1 is 1.67 bits per heavy atom. The van der Waals surface area contributed by atoms with Crippen LogP contribution in [0.4, 0.5) is 0 Å². The number of aromatic hydroxyl groups is 1. The van der Waals surface area contributed by atoms with Crippen molar-refractivity contribution in [2.45, 2.75) is 13.5 Å². The molecule has 5 heteroatoms. The number of aromatic nitrogens is 1. The highest BCUT2D eigenvalue weighted by Gasteiger charge is 2.09. The predicted octanol–water partition coefficient (Wildman–Crippen LogP) is 1.01. The highest BCUT2D eigenvalue weighted by Crippen LogP contribution is 2.14. The Labute approximate surface area is 91.7 Å². The lowest BCUT2D eigenvalue weighted by Gasteiger charge is -2.09. The molecule has 1 aromatic heterocycles. The van der Waals surface area contributed by atoms with Crippen LogP contribution in [0.15, 0.2) is 22.1 Å². The van der Waals surface area contributed by atoms with Gasteiger partial charge in [0.15, 0.2) is 5.75 Å². The van der Waals surface area contributed by atoms with E-state index in [0.29, 0.717) is 6.54 Å². The largest absolute Gasteiger partial charge is 0.503 e. The van der Waals surface area contributed by atoms with E-state index < -0.39 is 0 Å². The molecule has 2 heterocycles. The molecule has 0 amide bonds. The van der Waals surface area contributed by atoms with E-state index in [0.717, 1.165) is 23.0 Å². The van der Waals surface area contributed by atoms with Gasteiger partial charge >= 0.3 is 0 Å². The Bertz CT molecular complexity index is 465. The van der Waals surface area contributed by atoms with Crippen LogP contribution in [0.3, 0.4) is 0 Å². The van der Waals surface area contributed by atoms with Crippen molar-refractivity contribution in [1.29, 1.82) is 0 Å². The van der Waals surface area contributed by atoms with Gasteiger partial charge in [0.2, 0.25) is 5.43 Å². The van der Waals surface area contributed by atoms with E-state index in [1.807, 2.05) is 11.5 Å². The minimum absolute atomic E-state index is 0.204. The van der Waals surface area contributed by atoms with E-state index in [9.17, 15) is 9.90 Å². The minimum atomic E-state index is -0.329. The van der Waals surface area contributed by atoms with Crippen LogP contribution in [0.25, 0.3) is 0 Å². The Morgan fingerprint density at radius 2 is 2.47 bits per heavy atom. The lowest BCUT2D eigenvalue weighted by Crippen LogP contribution is -2.13. The lowest BCUT2D eigenvalue weighted by molar-refractivity contribution is 0.462. The molecule has 1 N–H and O–H groups in total. The van der Waals surface area contributed by atoms with Gasteiger partial charge in [-0.1, -0.05) is 0 Å². The summed E-state index contributed by atoms with van der Waals surface area (Å²) in [5, 5.41) is 10.4. The zero-order chi connectivity index (χ0) is 10.8. The van der Waals surface area contributed by atoms with Crippen LogP contribution >= 0.6 is 11.8 Å². The van der Waals surface area contributed by atoms with E-state index in [4.69, 9.17) is 0 Å². The number of hydrogen-bond donors (Lipinski definition) is 1. The van der Waals surface area contributed by atoms with E-state index in [-0.39, 0.29) is 11.2 Å². The van der Waals surface area contributed by atoms with Crippen molar-refractivity contribution in [1.82, 2.24) is 4.57 Å². The average molecular weight is 224 g/mol. The highest BCUT2D eigenvalue weighted by molar-refractivity contribution is 8.14. The van der Waals surface area contributed by atoms with E-state index in [1.165, 1.54) is 12.3 Å². The van der Waals surface area contributed by atoms with Gasteiger partial charge in [-0.3, -0.25) is 9.79 Å². The van der Waals surface area contributed by atoms with Crippen molar-refractivity contribution in [3.8, 4) is 5.75 Å². The molecular formula is C10H12N2O2S. The summed E-state index contributed by atoms with van der Waals surface area (Å²) in [5.74, 6) is 0.824. The summed E-state index contributed by atoms with van der Waals surface area (Å²) in [6, 6.07) is 1.44. The molecule has 0 saturated carbocycles. The topological polar surface area (TPSA) is 54.6 Å². The van der Waals surface area contributed by atoms with Crippen LogP contribution < -0.4 is 5.43 Å². The molecule has 0 unspecified atom stereocenters. The summed E-state index contributed by atoms with van der Waals surface area (Å²) in [7, 11) is 0. The van der Waals surface area contributed by atoms with Gasteiger partial charge in [0.25, 0.3) is 0 Å². The summed E-state index contributed by atoms with van der Waals surface area (Å²) in [6.45, 7) is 3.36. The number of pyridine rings is 1. The van der Waals surface area contributed by atoms with Gasteiger partial charge in [0.05, 0.1) is 17.8 Å². The van der Waals surface area contributed by atoms with Crippen molar-refractivity contribution in [3.05, 3.63) is 28.2 Å². The first-order valence-corrected chi connectivity index (χ1v) is 5.71. The third-order valence-corrected chi connectivity index (χ3v) is 3.26. The maximum absolute atomic E-state index is 11.1. The van der Waals surface area contributed by atoms with Crippen LogP contribution in [-0.2, 0) is 6.54 Å². The molecule has 0 spiro atoms. The molecule has 0 aromatic carbocycles. The standard InChI is InChI=1S/C10H12N2O2S/c1-7-4-8(13)9(14)5-12(7)6-10-11-2-3-15-10/h4-5,14H,2-3,6H2,1H3. The number of aliphatic imine (C=N–C) groups is 1. The van der Waals surface area contributed by atoms with Crippen molar-refractivity contribution in [3.63, 3.8) is 0 Å². The number of thioether (sulfide) groups is 1. The van der Waals surface area contributed by atoms with Crippen molar-refractivity contribution < 1.29 is 5.11 Å². The zero-order valence-electron chi connectivity index (χ0n) is 8.43. The summed E-state index contributed by atoms with van der Waals surface area (Å²) >= 11 is 1.73. The molecule has 0 atom stereocenters. The fourth-order valence-corrected chi connectivity index (χ4v) is 2.28. The molecule has 1 aliphatic rings. The molecule has 4 nitrogen and oxygen atoms in total. The molecular weight excluding hydrogens is 212 g/mol. The van der Waals surface area contributed by atoms with Gasteiger partial charge in [-0.05, 0) is 6.92 Å². The van der Waals surface area contributed by atoms with Crippen LogP contribution in [0.5, 0.6) is 5.75 Å². The Kier molecular flexibility index (Phi) is 2.81. The molecule has 0 fully saturated rings. The second kappa shape index (κ2) is 4.10. The molecule has 0 aliphatic carbocycles. The summed E-state index contributed by atoms with van der Waals surface area (Å²) < 4.78 is 1.84. The first-order valence-electron chi connectivity index (χ1n) is 4.73. The second-order valence-corrected chi connectivity index (χ2v) is 4.58. The highest BCUT2D eigenvalue weighted by atomic mass is 32.2. The van der Waals surface area contributed by atoms with E-state index in [1.54, 1.807) is 11.8 Å². The van der Waals surface area contributed by atoms with Gasteiger partial charge in [-0.15, -0.1) is 11.8 Å². The van der Waals surface area contributed by atoms with Gasteiger partial charge in [-0.2, -0.15) is 0 Å². The SMILES string of the molecule is Cc1cc(=O)c(O)cn1CC1=NCCS1. The Balaban J connectivity index is 2.28. The molecule has 1 aromatic rings. The summed E-state index contributed by atoms with van der Waals surface area (Å²) in [6.07, 6.45) is 1.47. The van der Waals surface area contributed by atoms with Crippen molar-refractivity contribution in [2.24, 2.45) is 4.99 Å². The number of hydrogen-bond acceptors (Lipinski definition) is 4.